The van der Waals surface area contributed by atoms with Crippen molar-refractivity contribution in [2.45, 2.75) is 25.3 Å². The number of morpholine rings is 1. The molecule has 126 valence electrons. The van der Waals surface area contributed by atoms with Crippen LogP contribution in [0.4, 0.5) is 0 Å². The number of carbonyl (C=O) groups is 1. The van der Waals surface area contributed by atoms with Crippen molar-refractivity contribution in [2.24, 2.45) is 0 Å². The molecule has 2 heterocycles. The lowest BCUT2D eigenvalue weighted by Crippen LogP contribution is -2.47. The van der Waals surface area contributed by atoms with Gasteiger partial charge < -0.3 is 14.4 Å². The Labute approximate surface area is 138 Å². The quantitative estimate of drug-likeness (QED) is 0.826. The first-order valence-corrected chi connectivity index (χ1v) is 8.49. The second-order valence-electron chi connectivity index (χ2n) is 6.28. The average Bonchev–Trinajstić information content (AvgIpc) is 3.03. The molecule has 0 N–H and O–H groups in total. The van der Waals surface area contributed by atoms with Crippen LogP contribution in [0.5, 0.6) is 5.75 Å². The van der Waals surface area contributed by atoms with E-state index in [1.165, 1.54) is 5.56 Å². The van der Waals surface area contributed by atoms with Gasteiger partial charge in [-0.25, -0.2) is 0 Å². The van der Waals surface area contributed by atoms with Gasteiger partial charge in [0.1, 0.15) is 5.75 Å². The molecule has 1 amide bonds. The number of ether oxygens (including phenoxy) is 2. The number of methoxy groups -OCH3 is 1. The Morgan fingerprint density at radius 3 is 2.83 bits per heavy atom. The smallest absolute Gasteiger partial charge is 0.236 e. The van der Waals surface area contributed by atoms with Gasteiger partial charge in [-0.05, 0) is 37.4 Å². The zero-order valence-electron chi connectivity index (χ0n) is 13.9. The molecule has 2 saturated heterocycles. The molecule has 0 aliphatic carbocycles. The number of hydrogen-bond acceptors (Lipinski definition) is 4. The van der Waals surface area contributed by atoms with Gasteiger partial charge in [0.05, 0.1) is 26.9 Å². The maximum Gasteiger partial charge on any atom is 0.236 e. The molecule has 2 fully saturated rings. The van der Waals surface area contributed by atoms with Crippen LogP contribution in [-0.4, -0.2) is 68.3 Å². The van der Waals surface area contributed by atoms with Gasteiger partial charge in [0.2, 0.25) is 5.91 Å². The summed E-state index contributed by atoms with van der Waals surface area (Å²) in [5, 5.41) is 0. The minimum Gasteiger partial charge on any atom is -0.496 e. The van der Waals surface area contributed by atoms with Gasteiger partial charge in [-0.1, -0.05) is 18.2 Å². The highest BCUT2D eigenvalue weighted by molar-refractivity contribution is 5.78. The van der Waals surface area contributed by atoms with Gasteiger partial charge in [-0.15, -0.1) is 0 Å². The van der Waals surface area contributed by atoms with Crippen molar-refractivity contribution in [1.82, 2.24) is 9.80 Å². The third-order valence-electron chi connectivity index (χ3n) is 4.85. The Balaban J connectivity index is 1.60. The van der Waals surface area contributed by atoms with Crippen LogP contribution in [0.1, 0.15) is 18.4 Å². The summed E-state index contributed by atoms with van der Waals surface area (Å²) in [7, 11) is 1.72. The molecule has 0 spiro atoms. The van der Waals surface area contributed by atoms with Crippen molar-refractivity contribution in [3.05, 3.63) is 29.8 Å². The number of carbonyl (C=O) groups excluding carboxylic acids is 1. The van der Waals surface area contributed by atoms with Crippen LogP contribution in [0.2, 0.25) is 0 Å². The first-order chi connectivity index (χ1) is 11.3. The number of benzene rings is 1. The topological polar surface area (TPSA) is 42.0 Å². The van der Waals surface area contributed by atoms with Crippen molar-refractivity contribution in [3.8, 4) is 5.75 Å². The van der Waals surface area contributed by atoms with E-state index in [-0.39, 0.29) is 5.91 Å². The minimum absolute atomic E-state index is 0.236. The lowest BCUT2D eigenvalue weighted by atomic mass is 10.0. The minimum atomic E-state index is 0.236. The van der Waals surface area contributed by atoms with Crippen molar-refractivity contribution in [2.75, 3.05) is 46.5 Å². The van der Waals surface area contributed by atoms with E-state index in [1.54, 1.807) is 7.11 Å². The highest BCUT2D eigenvalue weighted by Crippen LogP contribution is 2.26. The normalized spacial score (nSPS) is 22.3. The largest absolute Gasteiger partial charge is 0.496 e. The second-order valence-corrected chi connectivity index (χ2v) is 6.28. The van der Waals surface area contributed by atoms with Crippen molar-refractivity contribution < 1.29 is 14.3 Å². The van der Waals surface area contributed by atoms with E-state index in [0.717, 1.165) is 44.6 Å². The van der Waals surface area contributed by atoms with E-state index in [0.29, 0.717) is 25.8 Å². The molecule has 1 aromatic carbocycles. The molecule has 5 heteroatoms. The summed E-state index contributed by atoms with van der Waals surface area (Å²) in [5.41, 5.74) is 1.23. The Kier molecular flexibility index (Phi) is 5.51. The molecule has 0 bridgehead atoms. The van der Waals surface area contributed by atoms with Crippen LogP contribution in [0.25, 0.3) is 0 Å². The fraction of sp³-hybridized carbons (Fsp3) is 0.611. The number of hydrogen-bond donors (Lipinski definition) is 0. The second kappa shape index (κ2) is 7.79. The molecule has 0 radical (unpaired) electrons. The fourth-order valence-electron chi connectivity index (χ4n) is 3.55. The van der Waals surface area contributed by atoms with Gasteiger partial charge >= 0.3 is 0 Å². The summed E-state index contributed by atoms with van der Waals surface area (Å²) in [6.45, 7) is 4.32. The molecule has 1 unspecified atom stereocenters. The van der Waals surface area contributed by atoms with Crippen LogP contribution in [0, 0.1) is 0 Å². The standard InChI is InChI=1S/C18H26N2O3/c1-22-17-7-3-2-5-15(17)13-16-6-4-8-20(16)14-18(21)19-9-11-23-12-10-19/h2-3,5,7,16H,4,6,8-14H2,1H3. The first kappa shape index (κ1) is 16.3. The summed E-state index contributed by atoms with van der Waals surface area (Å²) >= 11 is 0. The molecule has 1 atom stereocenters. The Morgan fingerprint density at radius 1 is 1.26 bits per heavy atom. The van der Waals surface area contributed by atoms with Gasteiger partial charge in [-0.2, -0.15) is 0 Å². The molecule has 1 aromatic rings. The van der Waals surface area contributed by atoms with Gasteiger partial charge in [0.15, 0.2) is 0 Å². The van der Waals surface area contributed by atoms with Gasteiger partial charge in [0.25, 0.3) is 0 Å². The summed E-state index contributed by atoms with van der Waals surface area (Å²) < 4.78 is 10.8. The maximum absolute atomic E-state index is 12.5. The number of para-hydroxylation sites is 1. The van der Waals surface area contributed by atoms with Crippen LogP contribution >= 0.6 is 0 Å². The zero-order chi connectivity index (χ0) is 16.1. The van der Waals surface area contributed by atoms with E-state index >= 15 is 0 Å². The van der Waals surface area contributed by atoms with Crippen LogP contribution in [0.3, 0.4) is 0 Å². The molecular weight excluding hydrogens is 292 g/mol. The Bertz CT molecular complexity index is 529. The lowest BCUT2D eigenvalue weighted by Gasteiger charge is -2.31. The summed E-state index contributed by atoms with van der Waals surface area (Å²) in [6.07, 6.45) is 3.26. The van der Waals surface area contributed by atoms with E-state index in [4.69, 9.17) is 9.47 Å². The summed E-state index contributed by atoms with van der Waals surface area (Å²) in [6, 6.07) is 8.61. The summed E-state index contributed by atoms with van der Waals surface area (Å²) in [4.78, 5) is 16.7. The van der Waals surface area contributed by atoms with E-state index in [9.17, 15) is 4.79 Å². The molecule has 0 aromatic heterocycles. The number of likely N-dealkylation sites (tertiary alicyclic amines) is 1. The van der Waals surface area contributed by atoms with Gasteiger partial charge in [-0.3, -0.25) is 9.69 Å². The van der Waals surface area contributed by atoms with E-state index in [2.05, 4.69) is 17.0 Å². The predicted molar refractivity (Wildman–Crippen MR) is 88.7 cm³/mol. The van der Waals surface area contributed by atoms with Gasteiger partial charge in [0, 0.05) is 19.1 Å². The number of rotatable bonds is 5. The summed E-state index contributed by atoms with van der Waals surface area (Å²) in [5.74, 6) is 1.18. The molecule has 2 aliphatic heterocycles. The third kappa shape index (κ3) is 4.03. The zero-order valence-corrected chi connectivity index (χ0v) is 13.9. The SMILES string of the molecule is COc1ccccc1CC1CCCN1CC(=O)N1CCOCC1. The van der Waals surface area contributed by atoms with E-state index in [1.807, 2.05) is 17.0 Å². The molecule has 5 nitrogen and oxygen atoms in total. The monoisotopic (exact) mass is 318 g/mol. The molecule has 3 rings (SSSR count). The van der Waals surface area contributed by atoms with Crippen molar-refractivity contribution >= 4 is 5.91 Å². The van der Waals surface area contributed by atoms with E-state index < -0.39 is 0 Å². The lowest BCUT2D eigenvalue weighted by molar-refractivity contribution is -0.136. The molecule has 0 saturated carbocycles. The number of nitrogens with zero attached hydrogens (tertiary/aromatic N) is 2. The van der Waals surface area contributed by atoms with Crippen LogP contribution < -0.4 is 4.74 Å². The van der Waals surface area contributed by atoms with Crippen LogP contribution in [0.15, 0.2) is 24.3 Å². The van der Waals surface area contributed by atoms with Crippen molar-refractivity contribution in [1.29, 1.82) is 0 Å². The molecular formula is C18H26N2O3. The molecule has 23 heavy (non-hydrogen) atoms. The highest BCUT2D eigenvalue weighted by Gasteiger charge is 2.29. The first-order valence-electron chi connectivity index (χ1n) is 8.49. The maximum atomic E-state index is 12.5. The Hall–Kier alpha value is -1.59. The predicted octanol–water partition coefficient (Wildman–Crippen LogP) is 1.56. The third-order valence-corrected chi connectivity index (χ3v) is 4.85. The highest BCUT2D eigenvalue weighted by atomic mass is 16.5. The average molecular weight is 318 g/mol. The van der Waals surface area contributed by atoms with Crippen LogP contribution in [-0.2, 0) is 16.0 Å². The fourth-order valence-corrected chi connectivity index (χ4v) is 3.55. The van der Waals surface area contributed by atoms with Crippen molar-refractivity contribution in [3.63, 3.8) is 0 Å². The molecule has 2 aliphatic rings. The Morgan fingerprint density at radius 2 is 2.04 bits per heavy atom. The number of amides is 1.